The Labute approximate surface area is 104 Å². The molecule has 0 saturated carbocycles. The molecule has 0 aromatic rings. The average Bonchev–Trinajstić information content (AvgIpc) is 2.31. The van der Waals surface area contributed by atoms with Gasteiger partial charge in [-0.2, -0.15) is 0 Å². The highest BCUT2D eigenvalue weighted by Gasteiger charge is 2.09. The van der Waals surface area contributed by atoms with Crippen LogP contribution in [0.15, 0.2) is 0 Å². The van der Waals surface area contributed by atoms with Crippen LogP contribution in [0.2, 0.25) is 0 Å². The van der Waals surface area contributed by atoms with Crippen LogP contribution in [-0.2, 0) is 0 Å². The van der Waals surface area contributed by atoms with Gasteiger partial charge in [-0.15, -0.1) is 0 Å². The Morgan fingerprint density at radius 2 is 1.44 bits per heavy atom. The van der Waals surface area contributed by atoms with E-state index >= 15 is 0 Å². The first-order chi connectivity index (χ1) is 7.74. The molecule has 0 heteroatoms. The van der Waals surface area contributed by atoms with Crippen LogP contribution in [0.5, 0.6) is 0 Å². The highest BCUT2D eigenvalue weighted by molar-refractivity contribution is 4.66. The van der Waals surface area contributed by atoms with Crippen molar-refractivity contribution in [2.75, 3.05) is 0 Å². The number of rotatable bonds is 11. The van der Waals surface area contributed by atoms with E-state index in [0.29, 0.717) is 5.92 Å². The van der Waals surface area contributed by atoms with E-state index in [1.165, 1.54) is 64.2 Å². The predicted molar refractivity (Wildman–Crippen MR) is 75.5 cm³/mol. The van der Waals surface area contributed by atoms with Crippen molar-refractivity contribution < 1.29 is 0 Å². The van der Waals surface area contributed by atoms with Crippen molar-refractivity contribution in [1.82, 2.24) is 0 Å². The molecule has 0 aliphatic heterocycles. The van der Waals surface area contributed by atoms with Gasteiger partial charge >= 0.3 is 0 Å². The molecule has 0 saturated heterocycles. The lowest BCUT2D eigenvalue weighted by atomic mass is 9.88. The van der Waals surface area contributed by atoms with Gasteiger partial charge in [0.05, 0.1) is 0 Å². The van der Waals surface area contributed by atoms with E-state index in [2.05, 4.69) is 27.7 Å². The van der Waals surface area contributed by atoms with Crippen LogP contribution in [0.4, 0.5) is 0 Å². The molecule has 0 N–H and O–H groups in total. The zero-order chi connectivity index (χ0) is 12.2. The molecule has 0 amide bonds. The molecule has 0 bridgehead atoms. The van der Waals surface area contributed by atoms with E-state index < -0.39 is 0 Å². The number of hydrogen-bond donors (Lipinski definition) is 0. The van der Waals surface area contributed by atoms with Crippen LogP contribution >= 0.6 is 0 Å². The van der Waals surface area contributed by atoms with Crippen LogP contribution in [0, 0.1) is 18.8 Å². The van der Waals surface area contributed by atoms with Crippen LogP contribution in [0.25, 0.3) is 0 Å². The van der Waals surface area contributed by atoms with Crippen LogP contribution in [0.3, 0.4) is 0 Å². The first-order valence-electron chi connectivity index (χ1n) is 7.57. The fourth-order valence-corrected chi connectivity index (χ4v) is 2.34. The highest BCUT2D eigenvalue weighted by atomic mass is 14.2. The molecule has 2 unspecified atom stereocenters. The van der Waals surface area contributed by atoms with Gasteiger partial charge in [-0.05, 0) is 18.3 Å². The zero-order valence-corrected chi connectivity index (χ0v) is 11.9. The molecule has 16 heavy (non-hydrogen) atoms. The molecule has 0 aliphatic carbocycles. The Bertz CT molecular complexity index is 128. The lowest BCUT2D eigenvalue weighted by Crippen LogP contribution is -2.05. The molecule has 0 heterocycles. The van der Waals surface area contributed by atoms with Crippen molar-refractivity contribution in [3.8, 4) is 0 Å². The van der Waals surface area contributed by atoms with E-state index in [4.69, 9.17) is 0 Å². The van der Waals surface area contributed by atoms with Crippen molar-refractivity contribution in [2.45, 2.75) is 85.0 Å². The molecule has 97 valence electrons. The maximum Gasteiger partial charge on any atom is -0.0414 e. The van der Waals surface area contributed by atoms with Gasteiger partial charge in [0.25, 0.3) is 0 Å². The van der Waals surface area contributed by atoms with Gasteiger partial charge < -0.3 is 0 Å². The summed E-state index contributed by atoms with van der Waals surface area (Å²) in [5.74, 6) is 1.62. The Kier molecular flexibility index (Phi) is 11.5. The normalized spacial score (nSPS) is 15.0. The summed E-state index contributed by atoms with van der Waals surface area (Å²) < 4.78 is 0. The monoisotopic (exact) mass is 225 g/mol. The fourth-order valence-electron chi connectivity index (χ4n) is 2.34. The molecule has 1 radical (unpaired) electrons. The maximum atomic E-state index is 4.21. The van der Waals surface area contributed by atoms with Gasteiger partial charge in [0, 0.05) is 0 Å². The van der Waals surface area contributed by atoms with Crippen molar-refractivity contribution in [3.63, 3.8) is 0 Å². The minimum Gasteiger partial charge on any atom is -0.0654 e. The summed E-state index contributed by atoms with van der Waals surface area (Å²) in [6.45, 7) is 11.1. The summed E-state index contributed by atoms with van der Waals surface area (Å²) in [5, 5.41) is 0. The van der Waals surface area contributed by atoms with Gasteiger partial charge in [0.1, 0.15) is 0 Å². The van der Waals surface area contributed by atoms with E-state index in [9.17, 15) is 0 Å². The fraction of sp³-hybridized carbons (Fsp3) is 0.938. The van der Waals surface area contributed by atoms with E-state index in [1.807, 2.05) is 0 Å². The molecule has 0 nitrogen and oxygen atoms in total. The van der Waals surface area contributed by atoms with E-state index in [1.54, 1.807) is 0 Å². The second-order valence-electron chi connectivity index (χ2n) is 5.34. The summed E-state index contributed by atoms with van der Waals surface area (Å²) in [7, 11) is 0. The van der Waals surface area contributed by atoms with Crippen LogP contribution in [-0.4, -0.2) is 0 Å². The third-order valence-electron chi connectivity index (χ3n) is 3.79. The smallest absolute Gasteiger partial charge is 0.0414 e. The van der Waals surface area contributed by atoms with Crippen molar-refractivity contribution in [3.05, 3.63) is 6.92 Å². The van der Waals surface area contributed by atoms with Crippen LogP contribution < -0.4 is 0 Å². The van der Waals surface area contributed by atoms with Gasteiger partial charge in [-0.25, -0.2) is 0 Å². The SMILES string of the molecule is [CH2]C(CC)CC(CC)CCCCCCCC. The summed E-state index contributed by atoms with van der Waals surface area (Å²) in [6, 6.07) is 0. The summed E-state index contributed by atoms with van der Waals surface area (Å²) in [4.78, 5) is 0. The third kappa shape index (κ3) is 9.24. The molecule has 2 atom stereocenters. The highest BCUT2D eigenvalue weighted by Crippen LogP contribution is 2.23. The molecule has 0 aromatic heterocycles. The second-order valence-corrected chi connectivity index (χ2v) is 5.34. The zero-order valence-electron chi connectivity index (χ0n) is 11.9. The maximum absolute atomic E-state index is 4.21. The summed E-state index contributed by atoms with van der Waals surface area (Å²) in [5.41, 5.74) is 0. The Balaban J connectivity index is 3.40. The molecule has 0 rings (SSSR count). The Hall–Kier alpha value is 0. The Morgan fingerprint density at radius 1 is 0.812 bits per heavy atom. The van der Waals surface area contributed by atoms with Gasteiger partial charge in [-0.1, -0.05) is 85.5 Å². The minimum atomic E-state index is 0.685. The summed E-state index contributed by atoms with van der Waals surface area (Å²) >= 11 is 0. The molecule has 0 spiro atoms. The molecule has 0 aliphatic rings. The largest absolute Gasteiger partial charge is 0.0654 e. The first kappa shape index (κ1) is 16.0. The lowest BCUT2D eigenvalue weighted by molar-refractivity contribution is 0.360. The quantitative estimate of drug-likeness (QED) is 0.377. The minimum absolute atomic E-state index is 0.685. The number of hydrogen-bond acceptors (Lipinski definition) is 0. The molecular formula is C16H33. The topological polar surface area (TPSA) is 0 Å². The van der Waals surface area contributed by atoms with Gasteiger partial charge in [0.2, 0.25) is 0 Å². The average molecular weight is 225 g/mol. The van der Waals surface area contributed by atoms with Gasteiger partial charge in [-0.3, -0.25) is 0 Å². The second kappa shape index (κ2) is 11.5. The Morgan fingerprint density at radius 3 is 2.00 bits per heavy atom. The molecule has 0 aromatic carbocycles. The predicted octanol–water partition coefficient (Wildman–Crippen LogP) is 6.01. The number of unbranched alkanes of at least 4 members (excludes halogenated alkanes) is 5. The van der Waals surface area contributed by atoms with E-state index in [-0.39, 0.29) is 0 Å². The van der Waals surface area contributed by atoms with Crippen molar-refractivity contribution >= 4 is 0 Å². The molecule has 0 fully saturated rings. The van der Waals surface area contributed by atoms with E-state index in [0.717, 1.165) is 5.92 Å². The molecular weight excluding hydrogens is 192 g/mol. The van der Waals surface area contributed by atoms with Gasteiger partial charge in [0.15, 0.2) is 0 Å². The van der Waals surface area contributed by atoms with Crippen LogP contribution in [0.1, 0.15) is 85.0 Å². The van der Waals surface area contributed by atoms with Crippen molar-refractivity contribution in [1.29, 1.82) is 0 Å². The third-order valence-corrected chi connectivity index (χ3v) is 3.79. The van der Waals surface area contributed by atoms with Crippen molar-refractivity contribution in [2.24, 2.45) is 11.8 Å². The first-order valence-corrected chi connectivity index (χ1v) is 7.57. The lowest BCUT2D eigenvalue weighted by Gasteiger charge is -2.18. The standard InChI is InChI=1S/C16H33/c1-5-8-9-10-11-12-13-16(7-3)14-15(4)6-2/h15-16H,4-14H2,1-3H3. The summed E-state index contributed by atoms with van der Waals surface area (Å²) in [6.07, 6.45) is 13.9.